The fourth-order valence-corrected chi connectivity index (χ4v) is 1.78. The minimum atomic E-state index is -0.420. The quantitative estimate of drug-likeness (QED) is 0.697. The molecule has 0 aliphatic carbocycles. The summed E-state index contributed by atoms with van der Waals surface area (Å²) in [6, 6.07) is 12.4. The molecular weight excluding hydrogens is 286 g/mol. The Kier molecular flexibility index (Phi) is 5.08. The van der Waals surface area contributed by atoms with Gasteiger partial charge in [0.25, 0.3) is 5.91 Å². The van der Waals surface area contributed by atoms with E-state index in [-0.39, 0.29) is 5.57 Å². The van der Waals surface area contributed by atoms with E-state index in [1.165, 1.54) is 6.08 Å². The molecule has 21 heavy (non-hydrogen) atoms. The van der Waals surface area contributed by atoms with Crippen LogP contribution < -0.4 is 5.32 Å². The monoisotopic (exact) mass is 297 g/mol. The molecular formula is C16H12ClN3O. The molecule has 4 nitrogen and oxygen atoms in total. The van der Waals surface area contributed by atoms with Gasteiger partial charge in [-0.15, -0.1) is 0 Å². The molecule has 0 atom stereocenters. The zero-order chi connectivity index (χ0) is 15.1. The van der Waals surface area contributed by atoms with Crippen LogP contribution in [-0.4, -0.2) is 10.9 Å². The SMILES string of the molecule is N#CC(=Cc1ccc(Cl)cc1)C(=O)NCc1cccnc1. The number of hydrogen-bond donors (Lipinski definition) is 1. The van der Waals surface area contributed by atoms with Crippen molar-refractivity contribution >= 4 is 23.6 Å². The van der Waals surface area contributed by atoms with E-state index in [9.17, 15) is 4.79 Å². The van der Waals surface area contributed by atoms with Gasteiger partial charge in [0.15, 0.2) is 0 Å². The zero-order valence-electron chi connectivity index (χ0n) is 11.1. The number of benzene rings is 1. The highest BCUT2D eigenvalue weighted by Gasteiger charge is 2.08. The molecule has 5 heteroatoms. The highest BCUT2D eigenvalue weighted by molar-refractivity contribution is 6.30. The molecule has 0 radical (unpaired) electrons. The first-order valence-electron chi connectivity index (χ1n) is 6.23. The van der Waals surface area contributed by atoms with Crippen molar-refractivity contribution in [2.45, 2.75) is 6.54 Å². The first-order valence-corrected chi connectivity index (χ1v) is 6.61. The lowest BCUT2D eigenvalue weighted by molar-refractivity contribution is -0.117. The second-order valence-electron chi connectivity index (χ2n) is 4.27. The Morgan fingerprint density at radius 1 is 1.33 bits per heavy atom. The average Bonchev–Trinajstić information content (AvgIpc) is 2.53. The summed E-state index contributed by atoms with van der Waals surface area (Å²) >= 11 is 5.79. The van der Waals surface area contributed by atoms with Crippen molar-refractivity contribution in [3.05, 3.63) is 70.5 Å². The second-order valence-corrected chi connectivity index (χ2v) is 4.70. The smallest absolute Gasteiger partial charge is 0.262 e. The van der Waals surface area contributed by atoms with Gasteiger partial charge in [0, 0.05) is 24.0 Å². The number of nitrogens with one attached hydrogen (secondary N) is 1. The number of carbonyl (C=O) groups excluding carboxylic acids is 1. The largest absolute Gasteiger partial charge is 0.347 e. The summed E-state index contributed by atoms with van der Waals surface area (Å²) in [7, 11) is 0. The van der Waals surface area contributed by atoms with Gasteiger partial charge in [-0.1, -0.05) is 29.8 Å². The number of halogens is 1. The Morgan fingerprint density at radius 2 is 2.10 bits per heavy atom. The molecule has 2 rings (SSSR count). The van der Waals surface area contributed by atoms with Crippen LogP contribution in [0.25, 0.3) is 6.08 Å². The standard InChI is InChI=1S/C16H12ClN3O/c17-15-5-3-12(4-6-15)8-14(9-18)16(21)20-11-13-2-1-7-19-10-13/h1-8,10H,11H2,(H,20,21). The summed E-state index contributed by atoms with van der Waals surface area (Å²) in [5.41, 5.74) is 1.66. The van der Waals surface area contributed by atoms with Crippen molar-refractivity contribution < 1.29 is 4.79 Å². The average molecular weight is 298 g/mol. The van der Waals surface area contributed by atoms with E-state index in [4.69, 9.17) is 16.9 Å². The van der Waals surface area contributed by atoms with E-state index >= 15 is 0 Å². The van der Waals surface area contributed by atoms with Crippen LogP contribution in [0, 0.1) is 11.3 Å². The van der Waals surface area contributed by atoms with Gasteiger partial charge in [-0.25, -0.2) is 0 Å². The number of nitrogens with zero attached hydrogens (tertiary/aromatic N) is 2. The van der Waals surface area contributed by atoms with Crippen LogP contribution in [0.15, 0.2) is 54.4 Å². The molecule has 0 aliphatic rings. The molecule has 1 heterocycles. The lowest BCUT2D eigenvalue weighted by Crippen LogP contribution is -2.23. The Morgan fingerprint density at radius 3 is 2.71 bits per heavy atom. The van der Waals surface area contributed by atoms with Gasteiger partial charge >= 0.3 is 0 Å². The minimum absolute atomic E-state index is 0.0428. The predicted molar refractivity (Wildman–Crippen MR) is 81.1 cm³/mol. The summed E-state index contributed by atoms with van der Waals surface area (Å²) in [4.78, 5) is 15.9. The van der Waals surface area contributed by atoms with E-state index in [1.54, 1.807) is 42.7 Å². The molecule has 1 aromatic carbocycles. The van der Waals surface area contributed by atoms with E-state index in [2.05, 4.69) is 10.3 Å². The molecule has 0 saturated heterocycles. The Hall–Kier alpha value is -2.64. The molecule has 0 bridgehead atoms. The van der Waals surface area contributed by atoms with Gasteiger partial charge in [0.05, 0.1) is 0 Å². The molecule has 0 aliphatic heterocycles. The van der Waals surface area contributed by atoms with E-state index < -0.39 is 5.91 Å². The molecule has 1 N–H and O–H groups in total. The normalized spacial score (nSPS) is 10.8. The van der Waals surface area contributed by atoms with Crippen molar-refractivity contribution in [3.63, 3.8) is 0 Å². The van der Waals surface area contributed by atoms with Crippen molar-refractivity contribution in [2.24, 2.45) is 0 Å². The van der Waals surface area contributed by atoms with Gasteiger partial charge in [-0.2, -0.15) is 5.26 Å². The van der Waals surface area contributed by atoms with E-state index in [0.717, 1.165) is 11.1 Å². The maximum Gasteiger partial charge on any atom is 0.262 e. The van der Waals surface area contributed by atoms with Crippen LogP contribution in [0.2, 0.25) is 5.02 Å². The molecule has 0 unspecified atom stereocenters. The van der Waals surface area contributed by atoms with E-state index in [1.807, 2.05) is 12.1 Å². The molecule has 1 aromatic heterocycles. The van der Waals surface area contributed by atoms with Crippen molar-refractivity contribution in [1.29, 1.82) is 5.26 Å². The summed E-state index contributed by atoms with van der Waals surface area (Å²) in [5.74, 6) is -0.420. The fraction of sp³-hybridized carbons (Fsp3) is 0.0625. The molecule has 0 fully saturated rings. The van der Waals surface area contributed by atoms with E-state index in [0.29, 0.717) is 11.6 Å². The van der Waals surface area contributed by atoms with Gasteiger partial charge in [-0.05, 0) is 35.4 Å². The number of aromatic nitrogens is 1. The maximum atomic E-state index is 12.0. The molecule has 1 amide bonds. The van der Waals surface area contributed by atoms with Gasteiger partial charge < -0.3 is 5.32 Å². The number of hydrogen-bond acceptors (Lipinski definition) is 3. The summed E-state index contributed by atoms with van der Waals surface area (Å²) in [5, 5.41) is 12.4. The van der Waals surface area contributed by atoms with Crippen LogP contribution in [0.1, 0.15) is 11.1 Å². The Labute approximate surface area is 127 Å². The van der Waals surface area contributed by atoms with Gasteiger partial charge in [0.2, 0.25) is 0 Å². The summed E-state index contributed by atoms with van der Waals surface area (Å²) in [6.07, 6.45) is 4.84. The number of carbonyl (C=O) groups is 1. The third-order valence-electron chi connectivity index (χ3n) is 2.72. The number of amides is 1. The van der Waals surface area contributed by atoms with Crippen LogP contribution >= 0.6 is 11.6 Å². The zero-order valence-corrected chi connectivity index (χ0v) is 11.8. The lowest BCUT2D eigenvalue weighted by Gasteiger charge is -2.04. The third kappa shape index (κ3) is 4.44. The van der Waals surface area contributed by atoms with Crippen LogP contribution in [-0.2, 0) is 11.3 Å². The molecule has 0 spiro atoms. The Bertz CT molecular complexity index is 688. The van der Waals surface area contributed by atoms with Crippen LogP contribution in [0.4, 0.5) is 0 Å². The first-order chi connectivity index (χ1) is 10.2. The lowest BCUT2D eigenvalue weighted by atomic mass is 10.1. The maximum absolute atomic E-state index is 12.0. The van der Waals surface area contributed by atoms with Crippen molar-refractivity contribution in [1.82, 2.24) is 10.3 Å². The highest BCUT2D eigenvalue weighted by atomic mass is 35.5. The second kappa shape index (κ2) is 7.22. The van der Waals surface area contributed by atoms with Crippen LogP contribution in [0.3, 0.4) is 0 Å². The Balaban J connectivity index is 2.05. The minimum Gasteiger partial charge on any atom is -0.347 e. The fourth-order valence-electron chi connectivity index (χ4n) is 1.65. The predicted octanol–water partition coefficient (Wildman–Crippen LogP) is 2.96. The molecule has 104 valence electrons. The van der Waals surface area contributed by atoms with Gasteiger partial charge in [0.1, 0.15) is 11.6 Å². The third-order valence-corrected chi connectivity index (χ3v) is 2.97. The van der Waals surface area contributed by atoms with Crippen LogP contribution in [0.5, 0.6) is 0 Å². The number of nitriles is 1. The number of pyridine rings is 1. The highest BCUT2D eigenvalue weighted by Crippen LogP contribution is 2.12. The number of rotatable bonds is 4. The molecule has 2 aromatic rings. The topological polar surface area (TPSA) is 65.8 Å². The first kappa shape index (κ1) is 14.8. The summed E-state index contributed by atoms with van der Waals surface area (Å²) < 4.78 is 0. The van der Waals surface area contributed by atoms with Gasteiger partial charge in [-0.3, -0.25) is 9.78 Å². The van der Waals surface area contributed by atoms with Crippen molar-refractivity contribution in [2.75, 3.05) is 0 Å². The summed E-state index contributed by atoms with van der Waals surface area (Å²) in [6.45, 7) is 0.326. The van der Waals surface area contributed by atoms with Crippen molar-refractivity contribution in [3.8, 4) is 6.07 Å². The molecule has 0 saturated carbocycles.